The highest BCUT2D eigenvalue weighted by atomic mass is 16.5. The highest BCUT2D eigenvalue weighted by molar-refractivity contribution is 6.23. The van der Waals surface area contributed by atoms with Gasteiger partial charge in [0, 0.05) is 75.4 Å². The molecule has 3 N–H and O–H groups in total. The van der Waals surface area contributed by atoms with Crippen LogP contribution in [0.25, 0.3) is 10.9 Å². The number of fused-ring (bicyclic) bond motifs is 2. The van der Waals surface area contributed by atoms with Crippen molar-refractivity contribution >= 4 is 51.9 Å². The van der Waals surface area contributed by atoms with Crippen molar-refractivity contribution in [1.29, 1.82) is 5.26 Å². The number of nitrogens with zero attached hydrogens (tertiary/aromatic N) is 7. The van der Waals surface area contributed by atoms with Crippen LogP contribution in [0.15, 0.2) is 60.8 Å². The lowest BCUT2D eigenvalue weighted by molar-refractivity contribution is -0.136. The second kappa shape index (κ2) is 15.2. The van der Waals surface area contributed by atoms with Crippen LogP contribution in [0.5, 0.6) is 5.75 Å². The molecule has 5 amide bonds. The second-order valence-corrected chi connectivity index (χ2v) is 15.9. The number of hydrogen-bond donors (Lipinski definition) is 2. The van der Waals surface area contributed by atoms with Gasteiger partial charge in [0.05, 0.1) is 33.5 Å². The summed E-state index contributed by atoms with van der Waals surface area (Å²) in [6.07, 6.45) is 5.25. The minimum absolute atomic E-state index is 0.0405. The Hall–Kier alpha value is -6.40. The zero-order valence-corrected chi connectivity index (χ0v) is 31.9. The molecule has 296 valence electrons. The number of nitriles is 1. The molecule has 1 unspecified atom stereocenters. The zero-order valence-electron chi connectivity index (χ0n) is 31.9. The number of nitrogens with one attached hydrogen (secondary N) is 1. The molecule has 4 aromatic rings. The van der Waals surface area contributed by atoms with Crippen molar-refractivity contribution in [3.05, 3.63) is 88.7 Å². The number of piperidine rings is 2. The fraction of sp³-hybridized carbons (Fsp3) is 0.395. The maximum Gasteiger partial charge on any atom is 0.262 e. The summed E-state index contributed by atoms with van der Waals surface area (Å²) < 4.78 is 6.36. The molecule has 0 radical (unpaired) electrons. The van der Waals surface area contributed by atoms with E-state index in [1.165, 1.54) is 0 Å². The molecular weight excluding hydrogens is 739 g/mol. The molecule has 1 atom stereocenters. The van der Waals surface area contributed by atoms with Crippen LogP contribution in [0.2, 0.25) is 0 Å². The molecule has 6 heterocycles. The molecule has 9 rings (SSSR count). The number of aromatic nitrogens is 2. The molecule has 2 aromatic heterocycles. The number of amides is 5. The van der Waals surface area contributed by atoms with Gasteiger partial charge in [0.25, 0.3) is 17.7 Å². The van der Waals surface area contributed by atoms with E-state index in [2.05, 4.69) is 31.1 Å². The van der Waals surface area contributed by atoms with Crippen LogP contribution in [0, 0.1) is 17.2 Å². The first-order valence-corrected chi connectivity index (χ1v) is 20.0. The fourth-order valence-corrected chi connectivity index (χ4v) is 9.12. The number of pyridine rings is 2. The summed E-state index contributed by atoms with van der Waals surface area (Å²) in [7, 11) is 0. The summed E-state index contributed by atoms with van der Waals surface area (Å²) in [5.41, 5.74) is 9.55. The molecule has 0 spiro atoms. The van der Waals surface area contributed by atoms with Gasteiger partial charge < -0.3 is 20.3 Å². The monoisotopic (exact) mass is 781 g/mol. The van der Waals surface area contributed by atoms with E-state index < -0.39 is 35.6 Å². The van der Waals surface area contributed by atoms with Gasteiger partial charge in [-0.3, -0.25) is 44.1 Å². The van der Waals surface area contributed by atoms with Gasteiger partial charge in [0.15, 0.2) is 0 Å². The van der Waals surface area contributed by atoms with Crippen molar-refractivity contribution in [2.75, 3.05) is 55.6 Å². The topological polar surface area (TPSA) is 195 Å². The van der Waals surface area contributed by atoms with Crippen LogP contribution in [-0.4, -0.2) is 107 Å². The van der Waals surface area contributed by atoms with Crippen LogP contribution in [-0.2, 0) is 9.59 Å². The first kappa shape index (κ1) is 37.2. The van der Waals surface area contributed by atoms with Crippen LogP contribution < -0.4 is 25.6 Å². The molecule has 4 fully saturated rings. The molecule has 0 bridgehead atoms. The first-order valence-electron chi connectivity index (χ1n) is 20.0. The lowest BCUT2D eigenvalue weighted by Crippen LogP contribution is -2.54. The molecule has 4 aliphatic heterocycles. The number of anilines is 2. The molecule has 1 aliphatic carbocycles. The predicted molar refractivity (Wildman–Crippen MR) is 212 cm³/mol. The van der Waals surface area contributed by atoms with E-state index in [0.29, 0.717) is 46.7 Å². The van der Waals surface area contributed by atoms with Crippen LogP contribution in [0.3, 0.4) is 0 Å². The number of hydrogen-bond acceptors (Lipinski definition) is 12. The molecule has 1 saturated carbocycles. The van der Waals surface area contributed by atoms with Gasteiger partial charge in [-0.2, -0.15) is 5.26 Å². The Bertz CT molecular complexity index is 2390. The van der Waals surface area contributed by atoms with E-state index in [1.54, 1.807) is 24.4 Å². The van der Waals surface area contributed by atoms with Gasteiger partial charge in [-0.1, -0.05) is 0 Å². The summed E-state index contributed by atoms with van der Waals surface area (Å²) >= 11 is 0. The number of carbonyl (C=O) groups excluding carboxylic acids is 5. The highest BCUT2D eigenvalue weighted by Crippen LogP contribution is 2.42. The Morgan fingerprint density at radius 3 is 2.41 bits per heavy atom. The van der Waals surface area contributed by atoms with E-state index in [9.17, 15) is 29.2 Å². The van der Waals surface area contributed by atoms with Crippen molar-refractivity contribution in [2.24, 2.45) is 11.7 Å². The van der Waals surface area contributed by atoms with E-state index in [-0.39, 0.29) is 30.4 Å². The third kappa shape index (κ3) is 6.87. The summed E-state index contributed by atoms with van der Waals surface area (Å²) in [4.78, 5) is 80.5. The normalized spacial score (nSPS) is 22.7. The zero-order chi connectivity index (χ0) is 40.1. The molecule has 15 nitrogen and oxygen atoms in total. The standard InChI is InChI=1S/C43H43N9O6/c44-23-26-3-8-35(31-2-1-13-46-38(26)31)58-29-20-27(21-29)39-32(40(45)54)6-9-36(47-39)51-14-11-25(12-15-51)24-49-16-18-50(19-17-49)28-4-5-30-33(22-28)43(57)52(42(30)56)34-7-10-37(53)48-41(34)55/h1-6,8-9,13,22,25,27,29,34H,7,10-12,14-21,24H2,(H2,45,54)(H,48,53,55)/t27-,29+,34?. The lowest BCUT2D eigenvalue weighted by atomic mass is 9.78. The maximum absolute atomic E-state index is 13.4. The Kier molecular flexibility index (Phi) is 9.72. The number of carbonyl (C=O) groups is 5. The Labute approximate surface area is 334 Å². The van der Waals surface area contributed by atoms with E-state index >= 15 is 0 Å². The fourth-order valence-electron chi connectivity index (χ4n) is 9.12. The number of ether oxygens (including phenoxy) is 1. The minimum Gasteiger partial charge on any atom is -0.490 e. The molecule has 5 aliphatic rings. The van der Waals surface area contributed by atoms with Gasteiger partial charge in [-0.15, -0.1) is 0 Å². The minimum atomic E-state index is -0.982. The number of nitrogens with two attached hydrogens (primary N) is 1. The van der Waals surface area contributed by atoms with Crippen LogP contribution >= 0.6 is 0 Å². The third-order valence-electron chi connectivity index (χ3n) is 12.4. The van der Waals surface area contributed by atoms with Crippen molar-refractivity contribution in [1.82, 2.24) is 25.1 Å². The average molecular weight is 782 g/mol. The molecule has 15 heteroatoms. The largest absolute Gasteiger partial charge is 0.490 e. The molecule has 2 aromatic carbocycles. The predicted octanol–water partition coefficient (Wildman–Crippen LogP) is 3.37. The van der Waals surface area contributed by atoms with E-state index in [1.807, 2.05) is 36.4 Å². The Balaban J connectivity index is 0.772. The third-order valence-corrected chi connectivity index (χ3v) is 12.4. The quantitative estimate of drug-likeness (QED) is 0.236. The average Bonchev–Trinajstić information content (AvgIpc) is 3.47. The van der Waals surface area contributed by atoms with Gasteiger partial charge in [-0.05, 0) is 92.6 Å². The van der Waals surface area contributed by atoms with Gasteiger partial charge in [0.2, 0.25) is 11.8 Å². The summed E-state index contributed by atoms with van der Waals surface area (Å²) in [6.45, 7) is 6.02. The number of imide groups is 2. The van der Waals surface area contributed by atoms with Crippen molar-refractivity contribution in [2.45, 2.75) is 56.6 Å². The van der Waals surface area contributed by atoms with Crippen molar-refractivity contribution < 1.29 is 28.7 Å². The van der Waals surface area contributed by atoms with E-state index in [0.717, 1.165) is 86.1 Å². The summed E-state index contributed by atoms with van der Waals surface area (Å²) in [5, 5.41) is 12.5. The maximum atomic E-state index is 13.4. The van der Waals surface area contributed by atoms with Crippen molar-refractivity contribution in [3.8, 4) is 11.8 Å². The molecule has 3 saturated heterocycles. The van der Waals surface area contributed by atoms with Crippen molar-refractivity contribution in [3.63, 3.8) is 0 Å². The number of primary amides is 1. The Morgan fingerprint density at radius 2 is 1.67 bits per heavy atom. The summed E-state index contributed by atoms with van der Waals surface area (Å²) in [5.74, 6) is -0.377. The van der Waals surface area contributed by atoms with Gasteiger partial charge in [0.1, 0.15) is 29.8 Å². The summed E-state index contributed by atoms with van der Waals surface area (Å²) in [6, 6.07) is 17.5. The Morgan fingerprint density at radius 1 is 0.897 bits per heavy atom. The van der Waals surface area contributed by atoms with E-state index in [4.69, 9.17) is 15.5 Å². The second-order valence-electron chi connectivity index (χ2n) is 15.9. The molecule has 58 heavy (non-hydrogen) atoms. The highest BCUT2D eigenvalue weighted by Gasteiger charge is 2.45. The molecular formula is C43H43N9O6. The number of benzene rings is 2. The van der Waals surface area contributed by atoms with Crippen LogP contribution in [0.1, 0.15) is 86.8 Å². The first-order chi connectivity index (χ1) is 28.1. The smallest absolute Gasteiger partial charge is 0.262 e. The number of rotatable bonds is 9. The van der Waals surface area contributed by atoms with Gasteiger partial charge in [-0.25, -0.2) is 4.98 Å². The lowest BCUT2D eigenvalue weighted by Gasteiger charge is -2.40. The SMILES string of the molecule is N#Cc1ccc(O[C@H]2C[C@@H](c3nc(N4CCC(CN5CCN(c6ccc7c(c6)C(=O)N(C6CCC(=O)NC6=O)C7=O)CC5)CC4)ccc3C(N)=O)C2)c2cccnc12. The van der Waals surface area contributed by atoms with Gasteiger partial charge >= 0.3 is 0 Å². The number of piperazine rings is 1. The van der Waals surface area contributed by atoms with Crippen LogP contribution in [0.4, 0.5) is 11.5 Å².